The van der Waals surface area contributed by atoms with Crippen LogP contribution >= 0.6 is 0 Å². The van der Waals surface area contributed by atoms with Crippen molar-refractivity contribution in [2.75, 3.05) is 12.1 Å². The fourth-order valence-corrected chi connectivity index (χ4v) is 1.05. The average molecular weight is 187 g/mol. The molecule has 0 bridgehead atoms. The molecule has 0 aliphatic heterocycles. The first-order valence-electron chi connectivity index (χ1n) is 3.28. The molecular weight excluding hydrogens is 178 g/mol. The van der Waals surface area contributed by atoms with Gasteiger partial charge in [-0.05, 0) is 12.1 Å². The van der Waals surface area contributed by atoms with E-state index in [2.05, 4.69) is 4.28 Å². The monoisotopic (exact) mass is 187 g/mol. The van der Waals surface area contributed by atoms with Crippen molar-refractivity contribution in [2.45, 2.75) is 0 Å². The lowest BCUT2D eigenvalue weighted by Gasteiger charge is -2.14. The van der Waals surface area contributed by atoms with E-state index < -0.39 is 11.4 Å². The Morgan fingerprint density at radius 3 is 2.50 bits per heavy atom. The van der Waals surface area contributed by atoms with Crippen LogP contribution in [0.15, 0.2) is 30.3 Å². The summed E-state index contributed by atoms with van der Waals surface area (Å²) in [6, 6.07) is 9.03. The van der Waals surface area contributed by atoms with E-state index in [0.717, 1.165) is 5.69 Å². The molecule has 0 aliphatic rings. The molecule has 1 unspecified atom stereocenters. The fourth-order valence-electron chi connectivity index (χ4n) is 0.777. The molecule has 1 atom stereocenters. The van der Waals surface area contributed by atoms with Crippen LogP contribution in [0.25, 0.3) is 0 Å². The topological polar surface area (TPSA) is 49.8 Å². The highest BCUT2D eigenvalue weighted by Crippen LogP contribution is 2.11. The highest BCUT2D eigenvalue weighted by Gasteiger charge is 2.02. The lowest BCUT2D eigenvalue weighted by molar-refractivity contribution is 0.295. The van der Waals surface area contributed by atoms with Gasteiger partial charge in [0.1, 0.15) is 0 Å². The van der Waals surface area contributed by atoms with Gasteiger partial charge in [-0.3, -0.25) is 4.55 Å². The number of nitrogens with zero attached hydrogens (tertiary/aromatic N) is 1. The number of hydroxylamine groups is 1. The van der Waals surface area contributed by atoms with Gasteiger partial charge in [0.25, 0.3) is 0 Å². The minimum atomic E-state index is -2.27. The third-order valence-electron chi connectivity index (χ3n) is 1.30. The number of hydrogen-bond donors (Lipinski definition) is 1. The van der Waals surface area contributed by atoms with Crippen LogP contribution < -0.4 is 5.06 Å². The summed E-state index contributed by atoms with van der Waals surface area (Å²) in [5.74, 6) is 0. The third-order valence-corrected chi connectivity index (χ3v) is 1.65. The summed E-state index contributed by atoms with van der Waals surface area (Å²) < 4.78 is 23.1. The second-order valence-electron chi connectivity index (χ2n) is 2.12. The Morgan fingerprint density at radius 2 is 2.00 bits per heavy atom. The van der Waals surface area contributed by atoms with Gasteiger partial charge in [0, 0.05) is 7.05 Å². The summed E-state index contributed by atoms with van der Waals surface area (Å²) in [6.07, 6.45) is 0. The lowest BCUT2D eigenvalue weighted by Crippen LogP contribution is -2.18. The van der Waals surface area contributed by atoms with Crippen molar-refractivity contribution >= 4 is 17.0 Å². The first kappa shape index (κ1) is 9.18. The summed E-state index contributed by atoms with van der Waals surface area (Å²) in [4.78, 5) is 0. The number of anilines is 1. The van der Waals surface area contributed by atoms with Crippen LogP contribution in [-0.2, 0) is 15.6 Å². The van der Waals surface area contributed by atoms with Crippen LogP contribution in [0.1, 0.15) is 0 Å². The number of para-hydroxylation sites is 1. The van der Waals surface area contributed by atoms with Gasteiger partial charge >= 0.3 is 11.4 Å². The van der Waals surface area contributed by atoms with E-state index in [1.165, 1.54) is 5.06 Å². The molecule has 0 radical (unpaired) electrons. The zero-order valence-corrected chi connectivity index (χ0v) is 7.32. The summed E-state index contributed by atoms with van der Waals surface area (Å²) in [7, 11) is 1.56. The average Bonchev–Trinajstić information content (AvgIpc) is 2.05. The minimum absolute atomic E-state index is 0.722. The van der Waals surface area contributed by atoms with Crippen molar-refractivity contribution in [1.29, 1.82) is 0 Å². The van der Waals surface area contributed by atoms with Gasteiger partial charge in [-0.2, -0.15) is 4.21 Å². The standard InChI is InChI=1S/C7H9NO3S/c1-8(11-12(9)10)7-5-3-2-4-6-7/h2-6H,1H3,(H,9,10). The van der Waals surface area contributed by atoms with Gasteiger partial charge in [0.05, 0.1) is 5.69 Å². The molecule has 66 valence electrons. The smallest absolute Gasteiger partial charge is 0.282 e. The molecule has 5 heteroatoms. The molecule has 0 saturated carbocycles. The summed E-state index contributed by atoms with van der Waals surface area (Å²) in [6.45, 7) is 0. The molecule has 0 spiro atoms. The number of benzene rings is 1. The minimum Gasteiger partial charge on any atom is -0.282 e. The molecule has 0 saturated heterocycles. The fraction of sp³-hybridized carbons (Fsp3) is 0.143. The van der Waals surface area contributed by atoms with Gasteiger partial charge < -0.3 is 0 Å². The Hall–Kier alpha value is -0.910. The molecular formula is C7H9NO3S. The summed E-state index contributed by atoms with van der Waals surface area (Å²) >= 11 is -2.27. The largest absolute Gasteiger partial charge is 0.325 e. The maximum absolute atomic E-state index is 10.2. The van der Waals surface area contributed by atoms with Crippen LogP contribution in [0.3, 0.4) is 0 Å². The van der Waals surface area contributed by atoms with E-state index in [-0.39, 0.29) is 0 Å². The van der Waals surface area contributed by atoms with Crippen LogP contribution in [0.4, 0.5) is 5.69 Å². The molecule has 1 aromatic rings. The van der Waals surface area contributed by atoms with Gasteiger partial charge in [0.2, 0.25) is 0 Å². The van der Waals surface area contributed by atoms with Crippen LogP contribution in [0.2, 0.25) is 0 Å². The highest BCUT2D eigenvalue weighted by molar-refractivity contribution is 7.74. The highest BCUT2D eigenvalue weighted by atomic mass is 32.2. The van der Waals surface area contributed by atoms with Crippen molar-refractivity contribution in [3.8, 4) is 0 Å². The number of rotatable bonds is 3. The number of hydrogen-bond acceptors (Lipinski definition) is 3. The maximum Gasteiger partial charge on any atom is 0.325 e. The van der Waals surface area contributed by atoms with Crippen molar-refractivity contribution < 1.29 is 13.0 Å². The first-order valence-corrected chi connectivity index (χ1v) is 4.31. The van der Waals surface area contributed by atoms with Crippen molar-refractivity contribution in [3.05, 3.63) is 30.3 Å². The van der Waals surface area contributed by atoms with E-state index in [0.29, 0.717) is 0 Å². The van der Waals surface area contributed by atoms with Crippen LogP contribution in [0.5, 0.6) is 0 Å². The predicted octanol–water partition coefficient (Wildman–Crippen LogP) is 1.19. The Labute approximate surface area is 73.2 Å². The molecule has 1 rings (SSSR count). The zero-order chi connectivity index (χ0) is 8.97. The van der Waals surface area contributed by atoms with Crippen LogP contribution in [0, 0.1) is 0 Å². The second-order valence-corrected chi connectivity index (χ2v) is 2.71. The van der Waals surface area contributed by atoms with Gasteiger partial charge in [-0.1, -0.05) is 18.2 Å². The third kappa shape index (κ3) is 2.61. The molecule has 12 heavy (non-hydrogen) atoms. The normalized spacial score (nSPS) is 12.5. The first-order chi connectivity index (χ1) is 5.70. The quantitative estimate of drug-likeness (QED) is 0.570. The van der Waals surface area contributed by atoms with Crippen molar-refractivity contribution in [3.63, 3.8) is 0 Å². The SMILES string of the molecule is CN(OS(=O)O)c1ccccc1. The molecule has 0 fully saturated rings. The van der Waals surface area contributed by atoms with Crippen molar-refractivity contribution in [2.24, 2.45) is 0 Å². The Bertz CT molecular complexity index is 265. The van der Waals surface area contributed by atoms with Gasteiger partial charge in [-0.15, -0.1) is 4.28 Å². The predicted molar refractivity (Wildman–Crippen MR) is 46.7 cm³/mol. The molecule has 0 aromatic heterocycles. The van der Waals surface area contributed by atoms with E-state index in [1.807, 2.05) is 18.2 Å². The molecule has 0 amide bonds. The lowest BCUT2D eigenvalue weighted by atomic mass is 10.3. The molecule has 1 aromatic carbocycles. The van der Waals surface area contributed by atoms with E-state index in [4.69, 9.17) is 4.55 Å². The summed E-state index contributed by atoms with van der Waals surface area (Å²) in [5.41, 5.74) is 0.722. The maximum atomic E-state index is 10.2. The molecule has 0 heterocycles. The molecule has 4 nitrogen and oxygen atoms in total. The Kier molecular flexibility index (Phi) is 3.21. The Balaban J connectivity index is 2.65. The zero-order valence-electron chi connectivity index (χ0n) is 6.51. The van der Waals surface area contributed by atoms with Gasteiger partial charge in [-0.25, -0.2) is 5.06 Å². The van der Waals surface area contributed by atoms with E-state index in [9.17, 15) is 4.21 Å². The van der Waals surface area contributed by atoms with E-state index in [1.54, 1.807) is 19.2 Å². The van der Waals surface area contributed by atoms with E-state index >= 15 is 0 Å². The second kappa shape index (κ2) is 4.20. The molecule has 1 N–H and O–H groups in total. The Morgan fingerprint density at radius 1 is 1.42 bits per heavy atom. The van der Waals surface area contributed by atoms with Crippen molar-refractivity contribution in [1.82, 2.24) is 0 Å². The summed E-state index contributed by atoms with van der Waals surface area (Å²) in [5, 5.41) is 1.23. The van der Waals surface area contributed by atoms with Gasteiger partial charge in [0.15, 0.2) is 0 Å². The van der Waals surface area contributed by atoms with Crippen LogP contribution in [-0.4, -0.2) is 15.8 Å². The molecule has 0 aliphatic carbocycles.